The molecule has 0 aromatic carbocycles. The summed E-state index contributed by atoms with van der Waals surface area (Å²) in [6, 6.07) is 3.71. The summed E-state index contributed by atoms with van der Waals surface area (Å²) in [6.45, 7) is 4.68. The largest absolute Gasteiger partial charge is 0.384 e. The molecule has 0 bridgehead atoms. The molecule has 5 nitrogen and oxygen atoms in total. The molecule has 0 spiro atoms. The van der Waals surface area contributed by atoms with Gasteiger partial charge in [-0.2, -0.15) is 0 Å². The first-order chi connectivity index (χ1) is 9.54. The first kappa shape index (κ1) is 16.4. The highest BCUT2D eigenvalue weighted by Crippen LogP contribution is 2.09. The second kappa shape index (κ2) is 8.53. The van der Waals surface area contributed by atoms with Crippen LogP contribution in [0.2, 0.25) is 0 Å². The molecule has 0 fully saturated rings. The molecule has 0 aliphatic rings. The number of nitrogens with zero attached hydrogens (tertiary/aromatic N) is 3. The topological polar surface area (TPSA) is 48.5 Å². The Bertz CT molecular complexity index is 420. The normalized spacial score (nSPS) is 10.7. The van der Waals surface area contributed by atoms with E-state index in [2.05, 4.69) is 22.1 Å². The molecule has 1 rings (SSSR count). The first-order valence-corrected chi connectivity index (χ1v) is 7.14. The van der Waals surface area contributed by atoms with E-state index in [0.717, 1.165) is 38.2 Å². The van der Waals surface area contributed by atoms with Gasteiger partial charge >= 0.3 is 0 Å². The van der Waals surface area contributed by atoms with Gasteiger partial charge in [-0.1, -0.05) is 13.3 Å². The van der Waals surface area contributed by atoms with Crippen LogP contribution >= 0.6 is 0 Å². The first-order valence-electron chi connectivity index (χ1n) is 7.14. The maximum absolute atomic E-state index is 12.2. The monoisotopic (exact) mass is 278 g/mol. The number of nitrogens with one attached hydrogen (secondary N) is 1. The molecule has 0 atom stereocenters. The predicted octanol–water partition coefficient (Wildman–Crippen LogP) is 1.93. The van der Waals surface area contributed by atoms with E-state index in [0.29, 0.717) is 5.69 Å². The fourth-order valence-corrected chi connectivity index (χ4v) is 1.77. The highest BCUT2D eigenvalue weighted by atomic mass is 16.2. The lowest BCUT2D eigenvalue weighted by Crippen LogP contribution is -2.28. The number of likely N-dealkylation sites (N-methyl/N-ethyl adjacent to an activating group) is 1. The number of unbranched alkanes of at least 4 members (excludes halogenated alkanes) is 1. The van der Waals surface area contributed by atoms with Gasteiger partial charge in [0.1, 0.15) is 5.69 Å². The van der Waals surface area contributed by atoms with Gasteiger partial charge in [0.25, 0.3) is 5.91 Å². The van der Waals surface area contributed by atoms with E-state index in [4.69, 9.17) is 0 Å². The average molecular weight is 278 g/mol. The Labute approximate surface area is 122 Å². The highest BCUT2D eigenvalue weighted by molar-refractivity contribution is 5.92. The van der Waals surface area contributed by atoms with Crippen molar-refractivity contribution in [2.45, 2.75) is 19.8 Å². The van der Waals surface area contributed by atoms with Crippen molar-refractivity contribution >= 4 is 11.6 Å². The van der Waals surface area contributed by atoms with Gasteiger partial charge in [-0.15, -0.1) is 0 Å². The van der Waals surface area contributed by atoms with E-state index in [9.17, 15) is 4.79 Å². The molecule has 0 unspecified atom stereocenters. The SMILES string of the molecule is CCCCN(C)C(=O)c1cc(NCCN(C)C)ccn1. The van der Waals surface area contributed by atoms with Gasteiger partial charge < -0.3 is 15.1 Å². The van der Waals surface area contributed by atoms with Gasteiger partial charge in [-0.3, -0.25) is 9.78 Å². The third-order valence-electron chi connectivity index (χ3n) is 3.06. The summed E-state index contributed by atoms with van der Waals surface area (Å²) < 4.78 is 0. The van der Waals surface area contributed by atoms with Gasteiger partial charge in [-0.05, 0) is 32.6 Å². The van der Waals surface area contributed by atoms with Crippen LogP contribution in [-0.4, -0.2) is 61.5 Å². The second-order valence-electron chi connectivity index (χ2n) is 5.24. The van der Waals surface area contributed by atoms with Gasteiger partial charge in [0, 0.05) is 38.6 Å². The van der Waals surface area contributed by atoms with Crippen LogP contribution in [0, 0.1) is 0 Å². The third-order valence-corrected chi connectivity index (χ3v) is 3.06. The Hall–Kier alpha value is -1.62. The second-order valence-corrected chi connectivity index (χ2v) is 5.24. The number of amides is 1. The van der Waals surface area contributed by atoms with E-state index >= 15 is 0 Å². The van der Waals surface area contributed by atoms with Crippen LogP contribution in [0.1, 0.15) is 30.3 Å². The Morgan fingerprint density at radius 1 is 1.30 bits per heavy atom. The number of pyridine rings is 1. The van der Waals surface area contributed by atoms with Crippen molar-refractivity contribution in [3.05, 3.63) is 24.0 Å². The standard InChI is InChI=1S/C15H26N4O/c1-5-6-10-19(4)15(20)14-12-13(7-8-17-14)16-9-11-18(2)3/h7-8,12H,5-6,9-11H2,1-4H3,(H,16,17). The number of rotatable bonds is 8. The molecular weight excluding hydrogens is 252 g/mol. The molecule has 1 amide bonds. The zero-order chi connectivity index (χ0) is 15.0. The number of hydrogen-bond acceptors (Lipinski definition) is 4. The molecule has 0 saturated heterocycles. The van der Waals surface area contributed by atoms with Gasteiger partial charge in [0.05, 0.1) is 0 Å². The van der Waals surface area contributed by atoms with Crippen molar-refractivity contribution in [2.75, 3.05) is 46.1 Å². The summed E-state index contributed by atoms with van der Waals surface area (Å²) in [5.41, 5.74) is 1.44. The van der Waals surface area contributed by atoms with Crippen LogP contribution in [0.4, 0.5) is 5.69 Å². The van der Waals surface area contributed by atoms with E-state index in [1.54, 1.807) is 11.1 Å². The molecule has 20 heavy (non-hydrogen) atoms. The summed E-state index contributed by atoms with van der Waals surface area (Å²) in [5.74, 6) is -0.0188. The van der Waals surface area contributed by atoms with Crippen LogP contribution in [0.3, 0.4) is 0 Å². The molecular formula is C15H26N4O. The van der Waals surface area contributed by atoms with Crippen LogP contribution < -0.4 is 5.32 Å². The van der Waals surface area contributed by atoms with Gasteiger partial charge in [0.15, 0.2) is 0 Å². The summed E-state index contributed by atoms with van der Waals surface area (Å²) in [6.07, 6.45) is 3.78. The van der Waals surface area contributed by atoms with Crippen molar-refractivity contribution in [3.8, 4) is 0 Å². The summed E-state index contributed by atoms with van der Waals surface area (Å²) >= 11 is 0. The smallest absolute Gasteiger partial charge is 0.272 e. The average Bonchev–Trinajstić information content (AvgIpc) is 2.44. The number of carbonyl (C=O) groups excluding carboxylic acids is 1. The predicted molar refractivity (Wildman–Crippen MR) is 83.1 cm³/mol. The van der Waals surface area contributed by atoms with Crippen molar-refractivity contribution in [3.63, 3.8) is 0 Å². The number of carbonyl (C=O) groups is 1. The fourth-order valence-electron chi connectivity index (χ4n) is 1.77. The van der Waals surface area contributed by atoms with Crippen molar-refractivity contribution in [1.29, 1.82) is 0 Å². The number of hydrogen-bond donors (Lipinski definition) is 1. The van der Waals surface area contributed by atoms with E-state index < -0.39 is 0 Å². The maximum atomic E-state index is 12.2. The lowest BCUT2D eigenvalue weighted by Gasteiger charge is -2.17. The maximum Gasteiger partial charge on any atom is 0.272 e. The molecule has 112 valence electrons. The summed E-state index contributed by atoms with van der Waals surface area (Å²) in [7, 11) is 5.89. The van der Waals surface area contributed by atoms with Gasteiger partial charge in [-0.25, -0.2) is 0 Å². The quantitative estimate of drug-likeness (QED) is 0.789. The molecule has 0 aliphatic heterocycles. The highest BCUT2D eigenvalue weighted by Gasteiger charge is 2.12. The van der Waals surface area contributed by atoms with E-state index in [-0.39, 0.29) is 5.91 Å². The minimum absolute atomic E-state index is 0.0188. The molecule has 1 N–H and O–H groups in total. The van der Waals surface area contributed by atoms with Crippen LogP contribution in [0.25, 0.3) is 0 Å². The Morgan fingerprint density at radius 2 is 2.05 bits per heavy atom. The summed E-state index contributed by atoms with van der Waals surface area (Å²) in [4.78, 5) is 20.2. The summed E-state index contributed by atoms with van der Waals surface area (Å²) in [5, 5.41) is 3.30. The molecule has 5 heteroatoms. The lowest BCUT2D eigenvalue weighted by atomic mass is 10.2. The van der Waals surface area contributed by atoms with E-state index in [1.165, 1.54) is 0 Å². The third kappa shape index (κ3) is 5.57. The van der Waals surface area contributed by atoms with Crippen molar-refractivity contribution in [1.82, 2.24) is 14.8 Å². The van der Waals surface area contributed by atoms with E-state index in [1.807, 2.05) is 33.3 Å². The fraction of sp³-hybridized carbons (Fsp3) is 0.600. The molecule has 1 aromatic rings. The van der Waals surface area contributed by atoms with Crippen LogP contribution in [0.15, 0.2) is 18.3 Å². The molecule has 0 saturated carbocycles. The van der Waals surface area contributed by atoms with Gasteiger partial charge in [0.2, 0.25) is 0 Å². The Kier molecular flexibility index (Phi) is 7.01. The minimum atomic E-state index is -0.0188. The number of anilines is 1. The molecule has 1 heterocycles. The molecule has 0 radical (unpaired) electrons. The minimum Gasteiger partial charge on any atom is -0.384 e. The van der Waals surface area contributed by atoms with Crippen LogP contribution in [-0.2, 0) is 0 Å². The molecule has 0 aliphatic carbocycles. The zero-order valence-electron chi connectivity index (χ0n) is 13.0. The number of aromatic nitrogens is 1. The lowest BCUT2D eigenvalue weighted by molar-refractivity contribution is 0.0787. The van der Waals surface area contributed by atoms with Crippen LogP contribution in [0.5, 0.6) is 0 Å². The molecule has 1 aromatic heterocycles. The Balaban J connectivity index is 2.60. The van der Waals surface area contributed by atoms with Crippen molar-refractivity contribution in [2.24, 2.45) is 0 Å². The zero-order valence-corrected chi connectivity index (χ0v) is 13.0. The Morgan fingerprint density at radius 3 is 2.70 bits per heavy atom. The van der Waals surface area contributed by atoms with Crippen molar-refractivity contribution < 1.29 is 4.79 Å².